The highest BCUT2D eigenvalue weighted by atomic mass is 35.5. The van der Waals surface area contributed by atoms with E-state index in [1.165, 1.54) is 4.70 Å². The second-order valence-electron chi connectivity index (χ2n) is 4.12. The first-order valence-corrected chi connectivity index (χ1v) is 7.73. The predicted molar refractivity (Wildman–Crippen MR) is 83.2 cm³/mol. The molecule has 2 nitrogen and oxygen atoms in total. The van der Waals surface area contributed by atoms with Gasteiger partial charge in [0, 0.05) is 5.02 Å². The van der Waals surface area contributed by atoms with Crippen molar-refractivity contribution in [3.05, 3.63) is 47.5 Å². The van der Waals surface area contributed by atoms with Gasteiger partial charge in [0.2, 0.25) is 0 Å². The second-order valence-corrected chi connectivity index (χ2v) is 6.62. The van der Waals surface area contributed by atoms with E-state index in [4.69, 9.17) is 11.6 Å². The largest absolute Gasteiger partial charge is 0.233 e. The Morgan fingerprint density at radius 3 is 2.26 bits per heavy atom. The highest BCUT2D eigenvalue weighted by Gasteiger charge is 2.11. The first kappa shape index (κ1) is 11.3. The van der Waals surface area contributed by atoms with Gasteiger partial charge in [0.1, 0.15) is 0 Å². The second kappa shape index (κ2) is 4.27. The van der Waals surface area contributed by atoms with E-state index < -0.39 is 0 Å². The van der Waals surface area contributed by atoms with Gasteiger partial charge in [0.25, 0.3) is 0 Å². The molecule has 0 aliphatic carbocycles. The highest BCUT2D eigenvalue weighted by Crippen LogP contribution is 2.35. The number of benzene rings is 2. The van der Waals surface area contributed by atoms with Gasteiger partial charge < -0.3 is 0 Å². The summed E-state index contributed by atoms with van der Waals surface area (Å²) in [5, 5.41) is 2.64. The molecule has 0 aliphatic heterocycles. The summed E-state index contributed by atoms with van der Waals surface area (Å²) in [6.07, 6.45) is 0. The van der Waals surface area contributed by atoms with Gasteiger partial charge in [0.15, 0.2) is 10.0 Å². The molecule has 5 heteroatoms. The summed E-state index contributed by atoms with van der Waals surface area (Å²) in [6.45, 7) is 0. The van der Waals surface area contributed by atoms with E-state index in [-0.39, 0.29) is 0 Å². The molecule has 0 saturated carbocycles. The average molecular weight is 303 g/mol. The van der Waals surface area contributed by atoms with Crippen LogP contribution in [-0.2, 0) is 0 Å². The van der Waals surface area contributed by atoms with Crippen LogP contribution in [-0.4, -0.2) is 9.97 Å². The monoisotopic (exact) mass is 302 g/mol. The summed E-state index contributed by atoms with van der Waals surface area (Å²) in [5.74, 6) is 0. The zero-order valence-corrected chi connectivity index (χ0v) is 12.0. The third kappa shape index (κ3) is 1.92. The standard InChI is InChI=1S/C14H7ClN2S2/c15-8-5-6-12-10(7-8)17-14(19-12)13-16-9-3-1-2-4-11(9)18-13/h1-7H. The van der Waals surface area contributed by atoms with Crippen LogP contribution in [0.25, 0.3) is 30.4 Å². The molecular formula is C14H7ClN2S2. The summed E-state index contributed by atoms with van der Waals surface area (Å²) in [4.78, 5) is 9.26. The van der Waals surface area contributed by atoms with E-state index >= 15 is 0 Å². The summed E-state index contributed by atoms with van der Waals surface area (Å²) in [6, 6.07) is 13.9. The molecule has 0 spiro atoms. The molecule has 19 heavy (non-hydrogen) atoms. The van der Waals surface area contributed by atoms with Crippen LogP contribution >= 0.6 is 34.3 Å². The van der Waals surface area contributed by atoms with Crippen molar-refractivity contribution in [1.82, 2.24) is 9.97 Å². The number of hydrogen-bond acceptors (Lipinski definition) is 4. The maximum absolute atomic E-state index is 5.99. The van der Waals surface area contributed by atoms with Crippen molar-refractivity contribution in [3.63, 3.8) is 0 Å². The number of halogens is 1. The highest BCUT2D eigenvalue weighted by molar-refractivity contribution is 7.27. The molecule has 4 aromatic rings. The molecule has 0 aliphatic rings. The number of hydrogen-bond donors (Lipinski definition) is 0. The Morgan fingerprint density at radius 1 is 0.789 bits per heavy atom. The van der Waals surface area contributed by atoms with Crippen molar-refractivity contribution in [2.75, 3.05) is 0 Å². The van der Waals surface area contributed by atoms with Crippen LogP contribution in [0.4, 0.5) is 0 Å². The Balaban J connectivity index is 1.93. The summed E-state index contributed by atoms with van der Waals surface area (Å²) in [5.41, 5.74) is 1.96. The quantitative estimate of drug-likeness (QED) is 0.481. The van der Waals surface area contributed by atoms with Crippen LogP contribution in [0.2, 0.25) is 5.02 Å². The summed E-state index contributed by atoms with van der Waals surface area (Å²) in [7, 11) is 0. The Bertz CT molecular complexity index is 862. The molecule has 0 radical (unpaired) electrons. The molecule has 0 N–H and O–H groups in total. The van der Waals surface area contributed by atoms with Crippen molar-refractivity contribution >= 4 is 54.7 Å². The fraction of sp³-hybridized carbons (Fsp3) is 0. The first-order valence-electron chi connectivity index (χ1n) is 5.72. The van der Waals surface area contributed by atoms with Gasteiger partial charge in [-0.25, -0.2) is 9.97 Å². The Hall–Kier alpha value is -1.49. The number of rotatable bonds is 1. The fourth-order valence-corrected chi connectivity index (χ4v) is 4.05. The maximum Gasteiger partial charge on any atom is 0.153 e. The number of aromatic nitrogens is 2. The van der Waals surface area contributed by atoms with E-state index in [1.807, 2.05) is 36.4 Å². The molecule has 92 valence electrons. The Morgan fingerprint density at radius 2 is 1.47 bits per heavy atom. The van der Waals surface area contributed by atoms with Crippen molar-refractivity contribution in [2.45, 2.75) is 0 Å². The third-order valence-corrected chi connectivity index (χ3v) is 5.28. The molecular weight excluding hydrogens is 296 g/mol. The lowest BCUT2D eigenvalue weighted by Crippen LogP contribution is -1.73. The van der Waals surface area contributed by atoms with Gasteiger partial charge in [-0.2, -0.15) is 0 Å². The van der Waals surface area contributed by atoms with E-state index in [2.05, 4.69) is 16.0 Å². The lowest BCUT2D eigenvalue weighted by molar-refractivity contribution is 1.42. The zero-order valence-electron chi connectivity index (χ0n) is 9.63. The summed E-state index contributed by atoms with van der Waals surface area (Å²) >= 11 is 9.32. The topological polar surface area (TPSA) is 25.8 Å². The molecule has 0 fully saturated rings. The first-order chi connectivity index (χ1) is 9.29. The minimum Gasteiger partial charge on any atom is -0.233 e. The molecule has 2 heterocycles. The molecule has 0 bridgehead atoms. The smallest absolute Gasteiger partial charge is 0.153 e. The normalized spacial score (nSPS) is 11.4. The third-order valence-electron chi connectivity index (χ3n) is 2.83. The minimum atomic E-state index is 0.716. The minimum absolute atomic E-state index is 0.716. The van der Waals surface area contributed by atoms with Crippen molar-refractivity contribution < 1.29 is 0 Å². The number of para-hydroxylation sites is 1. The summed E-state index contributed by atoms with van der Waals surface area (Å²) < 4.78 is 2.33. The SMILES string of the molecule is Clc1ccc2sc(-c3nc4ccccc4s3)nc2c1. The van der Waals surface area contributed by atoms with E-state index in [0.717, 1.165) is 25.7 Å². The van der Waals surface area contributed by atoms with Crippen molar-refractivity contribution in [3.8, 4) is 10.0 Å². The van der Waals surface area contributed by atoms with Crippen LogP contribution in [0.15, 0.2) is 42.5 Å². The van der Waals surface area contributed by atoms with Crippen LogP contribution in [0, 0.1) is 0 Å². The van der Waals surface area contributed by atoms with Gasteiger partial charge in [-0.05, 0) is 30.3 Å². The van der Waals surface area contributed by atoms with Crippen molar-refractivity contribution in [2.24, 2.45) is 0 Å². The predicted octanol–water partition coefficient (Wildman–Crippen LogP) is 5.23. The number of nitrogens with zero attached hydrogens (tertiary/aromatic N) is 2. The zero-order chi connectivity index (χ0) is 12.8. The van der Waals surface area contributed by atoms with Crippen LogP contribution in [0.1, 0.15) is 0 Å². The van der Waals surface area contributed by atoms with E-state index in [9.17, 15) is 0 Å². The van der Waals surface area contributed by atoms with Gasteiger partial charge in [-0.15, -0.1) is 22.7 Å². The molecule has 0 atom stereocenters. The number of fused-ring (bicyclic) bond motifs is 2. The van der Waals surface area contributed by atoms with E-state index in [0.29, 0.717) is 5.02 Å². The van der Waals surface area contributed by atoms with Gasteiger partial charge in [-0.3, -0.25) is 0 Å². The molecule has 2 aromatic carbocycles. The number of thiazole rings is 2. The molecule has 2 aromatic heterocycles. The molecule has 0 unspecified atom stereocenters. The van der Waals surface area contributed by atoms with Gasteiger partial charge in [0.05, 0.1) is 20.4 Å². The van der Waals surface area contributed by atoms with E-state index in [1.54, 1.807) is 22.7 Å². The fourth-order valence-electron chi connectivity index (χ4n) is 1.96. The Kier molecular flexibility index (Phi) is 2.55. The van der Waals surface area contributed by atoms with Crippen LogP contribution < -0.4 is 0 Å². The molecule has 4 rings (SSSR count). The average Bonchev–Trinajstić information content (AvgIpc) is 3.00. The maximum atomic E-state index is 5.99. The molecule has 0 saturated heterocycles. The van der Waals surface area contributed by atoms with Gasteiger partial charge >= 0.3 is 0 Å². The van der Waals surface area contributed by atoms with Crippen LogP contribution in [0.5, 0.6) is 0 Å². The lowest BCUT2D eigenvalue weighted by atomic mass is 10.3. The van der Waals surface area contributed by atoms with Crippen molar-refractivity contribution in [1.29, 1.82) is 0 Å². The lowest BCUT2D eigenvalue weighted by Gasteiger charge is -1.86. The molecule has 0 amide bonds. The Labute approximate surface area is 122 Å². The van der Waals surface area contributed by atoms with Crippen LogP contribution in [0.3, 0.4) is 0 Å². The van der Waals surface area contributed by atoms with Gasteiger partial charge in [-0.1, -0.05) is 23.7 Å².